The van der Waals surface area contributed by atoms with Crippen molar-refractivity contribution < 1.29 is 29.3 Å². The molecule has 0 aromatic heterocycles. The summed E-state index contributed by atoms with van der Waals surface area (Å²) in [5.74, 6) is -1.01. The summed E-state index contributed by atoms with van der Waals surface area (Å²) < 4.78 is 6.97. The van der Waals surface area contributed by atoms with Crippen LogP contribution in [0.15, 0.2) is 47.4 Å². The number of phenols is 1. The Morgan fingerprint density at radius 3 is 2.21 bits per heavy atom. The predicted octanol–water partition coefficient (Wildman–Crippen LogP) is 6.89. The van der Waals surface area contributed by atoms with Gasteiger partial charge in [-0.25, -0.2) is 13.9 Å². The first-order valence-corrected chi connectivity index (χ1v) is 13.7. The van der Waals surface area contributed by atoms with Crippen molar-refractivity contribution in [2.45, 2.75) is 77.2 Å². The molecule has 208 valence electrons. The summed E-state index contributed by atoms with van der Waals surface area (Å²) in [6.07, 6.45) is 6.32. The highest BCUT2D eigenvalue weighted by molar-refractivity contribution is 7.97. The quantitative estimate of drug-likeness (QED) is 0.275. The van der Waals surface area contributed by atoms with E-state index in [9.17, 15) is 19.5 Å². The number of carbonyl (C=O) groups excluding carboxylic acids is 2. The Labute approximate surface area is 230 Å². The Bertz CT molecular complexity index is 1060. The summed E-state index contributed by atoms with van der Waals surface area (Å²) in [7, 11) is 0. The number of benzene rings is 2. The lowest BCUT2D eigenvalue weighted by atomic mass is 9.89. The van der Waals surface area contributed by atoms with E-state index in [0.717, 1.165) is 24.1 Å². The van der Waals surface area contributed by atoms with Crippen molar-refractivity contribution in [3.8, 4) is 5.75 Å². The monoisotopic (exact) mass is 544 g/mol. The summed E-state index contributed by atoms with van der Waals surface area (Å²) in [4.78, 5) is 36.6. The number of carboxylic acid groups (broad SMARTS) is 1. The molecule has 0 heterocycles. The first-order valence-electron chi connectivity index (χ1n) is 13.0. The number of hydrogen-bond donors (Lipinski definition) is 2. The molecule has 0 unspecified atom stereocenters. The van der Waals surface area contributed by atoms with Crippen molar-refractivity contribution in [3.63, 3.8) is 0 Å². The number of aromatic carboxylic acids is 1. The summed E-state index contributed by atoms with van der Waals surface area (Å²) in [5.41, 5.74) is 1.13. The van der Waals surface area contributed by atoms with Crippen molar-refractivity contribution >= 4 is 36.1 Å². The predicted molar refractivity (Wildman–Crippen MR) is 151 cm³/mol. The van der Waals surface area contributed by atoms with E-state index in [1.54, 1.807) is 15.3 Å². The average Bonchev–Trinajstić information content (AvgIpc) is 2.86. The van der Waals surface area contributed by atoms with Gasteiger partial charge in [0.1, 0.15) is 16.9 Å². The maximum Gasteiger partial charge on any atom is 0.420 e. The van der Waals surface area contributed by atoms with Crippen LogP contribution in [0.2, 0.25) is 0 Å². The summed E-state index contributed by atoms with van der Waals surface area (Å²) in [6, 6.07) is 12.3. The zero-order valence-corrected chi connectivity index (χ0v) is 23.8. The molecule has 0 spiro atoms. The Hall–Kier alpha value is -3.20. The second kappa shape index (κ2) is 14.7. The lowest BCUT2D eigenvalue weighted by molar-refractivity contribution is -0.107. The van der Waals surface area contributed by atoms with Gasteiger partial charge in [0.15, 0.2) is 0 Å². The van der Waals surface area contributed by atoms with Gasteiger partial charge in [-0.05, 0) is 89.6 Å². The number of hydrogen-bond acceptors (Lipinski definition) is 6. The SMILES string of the molecule is CCN(Sc1ccc(C)cc1)C(=O)OC(C)(C)C.O=CN(CC1CCCCC1)c1ccc(C(=O)O)c(O)c1. The van der Waals surface area contributed by atoms with E-state index in [1.165, 1.54) is 48.9 Å². The molecule has 3 rings (SSSR count). The molecular formula is C29H40N2O6S. The van der Waals surface area contributed by atoms with Gasteiger partial charge >= 0.3 is 12.1 Å². The van der Waals surface area contributed by atoms with E-state index in [0.29, 0.717) is 24.7 Å². The molecule has 2 aromatic rings. The van der Waals surface area contributed by atoms with Crippen molar-refractivity contribution in [1.82, 2.24) is 4.31 Å². The van der Waals surface area contributed by atoms with Crippen LogP contribution in [0.25, 0.3) is 0 Å². The molecule has 0 atom stereocenters. The first kappa shape index (κ1) is 31.0. The Balaban J connectivity index is 0.000000269. The van der Waals surface area contributed by atoms with Crippen LogP contribution in [0.1, 0.15) is 75.7 Å². The van der Waals surface area contributed by atoms with Crippen LogP contribution in [0.3, 0.4) is 0 Å². The van der Waals surface area contributed by atoms with Crippen LogP contribution in [-0.4, -0.2) is 51.7 Å². The van der Waals surface area contributed by atoms with E-state index >= 15 is 0 Å². The van der Waals surface area contributed by atoms with Gasteiger partial charge in [0.25, 0.3) is 0 Å². The fourth-order valence-electron chi connectivity index (χ4n) is 4.01. The van der Waals surface area contributed by atoms with E-state index in [-0.39, 0.29) is 17.4 Å². The lowest BCUT2D eigenvalue weighted by Crippen LogP contribution is -2.32. The van der Waals surface area contributed by atoms with Crippen molar-refractivity contribution in [2.24, 2.45) is 5.92 Å². The van der Waals surface area contributed by atoms with Gasteiger partial charge in [-0.15, -0.1) is 0 Å². The molecule has 2 N–H and O–H groups in total. The first-order chi connectivity index (χ1) is 17.9. The highest BCUT2D eigenvalue weighted by Crippen LogP contribution is 2.29. The number of carboxylic acids is 1. The highest BCUT2D eigenvalue weighted by Gasteiger charge is 2.22. The fourth-order valence-corrected chi connectivity index (χ4v) is 4.76. The topological polar surface area (TPSA) is 107 Å². The van der Waals surface area contributed by atoms with Crippen LogP contribution in [-0.2, 0) is 9.53 Å². The van der Waals surface area contributed by atoms with Crippen molar-refractivity contribution in [1.29, 1.82) is 0 Å². The molecule has 8 nitrogen and oxygen atoms in total. The Morgan fingerprint density at radius 1 is 1.08 bits per heavy atom. The Morgan fingerprint density at radius 2 is 1.71 bits per heavy atom. The third-order valence-electron chi connectivity index (χ3n) is 5.97. The molecule has 1 aliphatic rings. The lowest BCUT2D eigenvalue weighted by Gasteiger charge is -2.27. The maximum atomic E-state index is 11.9. The summed E-state index contributed by atoms with van der Waals surface area (Å²) >= 11 is 1.40. The molecule has 0 saturated heterocycles. The molecule has 0 aliphatic heterocycles. The normalized spacial score (nSPS) is 13.6. The second-order valence-corrected chi connectivity index (χ2v) is 11.4. The highest BCUT2D eigenvalue weighted by atomic mass is 32.2. The summed E-state index contributed by atoms with van der Waals surface area (Å²) in [5, 5.41) is 18.6. The van der Waals surface area contributed by atoms with Gasteiger partial charge in [0.05, 0.1) is 0 Å². The van der Waals surface area contributed by atoms with Crippen LogP contribution in [0, 0.1) is 12.8 Å². The third-order valence-corrected chi connectivity index (χ3v) is 7.08. The minimum absolute atomic E-state index is 0.155. The zero-order chi connectivity index (χ0) is 28.3. The molecule has 38 heavy (non-hydrogen) atoms. The largest absolute Gasteiger partial charge is 0.507 e. The van der Waals surface area contributed by atoms with Crippen LogP contribution in [0.4, 0.5) is 10.5 Å². The number of carbonyl (C=O) groups is 3. The molecular weight excluding hydrogens is 504 g/mol. The minimum Gasteiger partial charge on any atom is -0.507 e. The standard InChI is InChI=1S/C15H19NO4.C14H21NO2S/c17-10-16(9-11-4-2-1-3-5-11)12-6-7-13(15(19)20)14(18)8-12;1-6-15(13(16)17-14(3,4)5)18-12-9-7-11(2)8-10-12/h6-8,10-11,18H,1-5,9H2,(H,19,20);7-10H,6H2,1-5H3. The fraction of sp³-hybridized carbons (Fsp3) is 0.483. The van der Waals surface area contributed by atoms with Crippen LogP contribution in [0.5, 0.6) is 5.75 Å². The molecule has 0 radical (unpaired) electrons. The number of amides is 2. The molecule has 9 heteroatoms. The molecule has 0 bridgehead atoms. The number of ether oxygens (including phenoxy) is 1. The third kappa shape index (κ3) is 10.3. The van der Waals surface area contributed by atoms with Gasteiger partial charge in [0.2, 0.25) is 6.41 Å². The number of rotatable bonds is 8. The molecule has 1 aliphatic carbocycles. The van der Waals surface area contributed by atoms with Gasteiger partial charge in [-0.1, -0.05) is 37.0 Å². The zero-order valence-electron chi connectivity index (χ0n) is 23.0. The maximum absolute atomic E-state index is 11.9. The number of nitrogens with zero attached hydrogens (tertiary/aromatic N) is 2. The Kier molecular flexibility index (Phi) is 12.0. The number of aryl methyl sites for hydroxylation is 1. The molecule has 1 fully saturated rings. The van der Waals surface area contributed by atoms with Crippen LogP contribution >= 0.6 is 11.9 Å². The van der Waals surface area contributed by atoms with E-state index in [4.69, 9.17) is 9.84 Å². The van der Waals surface area contributed by atoms with Crippen molar-refractivity contribution in [3.05, 3.63) is 53.6 Å². The number of aromatic hydroxyl groups is 1. The molecule has 1 saturated carbocycles. The van der Waals surface area contributed by atoms with Gasteiger partial charge in [-0.3, -0.25) is 4.79 Å². The molecule has 2 amide bonds. The van der Waals surface area contributed by atoms with Gasteiger partial charge < -0.3 is 19.8 Å². The van der Waals surface area contributed by atoms with Crippen LogP contribution < -0.4 is 4.90 Å². The van der Waals surface area contributed by atoms with E-state index in [1.807, 2.05) is 58.9 Å². The van der Waals surface area contributed by atoms with E-state index in [2.05, 4.69) is 0 Å². The van der Waals surface area contributed by atoms with Gasteiger partial charge in [0, 0.05) is 29.7 Å². The van der Waals surface area contributed by atoms with Gasteiger partial charge in [-0.2, -0.15) is 0 Å². The molecule has 2 aromatic carbocycles. The number of anilines is 1. The van der Waals surface area contributed by atoms with E-state index < -0.39 is 11.6 Å². The average molecular weight is 545 g/mol. The minimum atomic E-state index is -1.18. The summed E-state index contributed by atoms with van der Waals surface area (Å²) in [6.45, 7) is 10.8. The second-order valence-electron chi connectivity index (χ2n) is 10.3. The smallest absolute Gasteiger partial charge is 0.420 e. The van der Waals surface area contributed by atoms with Crippen molar-refractivity contribution in [2.75, 3.05) is 18.0 Å².